The first-order valence-corrected chi connectivity index (χ1v) is 9.63. The van der Waals surface area contributed by atoms with Gasteiger partial charge in [0.05, 0.1) is 7.11 Å². The van der Waals surface area contributed by atoms with Crippen molar-refractivity contribution in [2.24, 2.45) is 0 Å². The maximum Gasteiger partial charge on any atom is 0.317 e. The maximum atomic E-state index is 12.1. The Morgan fingerprint density at radius 2 is 2.27 bits per heavy atom. The van der Waals surface area contributed by atoms with Crippen LogP contribution in [0.1, 0.15) is 25.2 Å². The molecule has 2 heterocycles. The first kappa shape index (κ1) is 18.4. The van der Waals surface area contributed by atoms with Crippen molar-refractivity contribution in [3.63, 3.8) is 0 Å². The van der Waals surface area contributed by atoms with Gasteiger partial charge in [-0.15, -0.1) is 0 Å². The maximum absolute atomic E-state index is 12.1. The van der Waals surface area contributed by atoms with Gasteiger partial charge in [0.15, 0.2) is 0 Å². The lowest BCUT2D eigenvalue weighted by molar-refractivity contribution is 0.172. The summed E-state index contributed by atoms with van der Waals surface area (Å²) in [5.74, 6) is 1.66. The van der Waals surface area contributed by atoms with E-state index in [1.807, 2.05) is 30.0 Å². The average molecular weight is 375 g/mol. The van der Waals surface area contributed by atoms with E-state index in [2.05, 4.69) is 27.6 Å². The number of amides is 2. The first-order valence-electron chi connectivity index (χ1n) is 8.85. The number of ether oxygens (including phenoxy) is 1. The molecule has 0 bridgehead atoms. The Balaban J connectivity index is 1.62. The smallest absolute Gasteiger partial charge is 0.317 e. The van der Waals surface area contributed by atoms with Crippen LogP contribution in [0, 0.1) is 0 Å². The second kappa shape index (κ2) is 8.35. The number of piperazine rings is 1. The van der Waals surface area contributed by atoms with Crippen LogP contribution in [0.5, 0.6) is 5.75 Å². The van der Waals surface area contributed by atoms with Crippen molar-refractivity contribution >= 4 is 22.7 Å². The van der Waals surface area contributed by atoms with Gasteiger partial charge in [-0.1, -0.05) is 12.1 Å². The highest BCUT2D eigenvalue weighted by Crippen LogP contribution is 2.23. The van der Waals surface area contributed by atoms with Crippen molar-refractivity contribution in [1.29, 1.82) is 0 Å². The summed E-state index contributed by atoms with van der Waals surface area (Å²) in [5.41, 5.74) is 1.13. The minimum absolute atomic E-state index is 0.00984. The molecule has 2 amide bonds. The molecule has 0 spiro atoms. The number of carbonyl (C=O) groups excluding carboxylic acids is 1. The van der Waals surface area contributed by atoms with E-state index in [0.717, 1.165) is 35.4 Å². The van der Waals surface area contributed by atoms with E-state index < -0.39 is 0 Å². The zero-order valence-corrected chi connectivity index (χ0v) is 16.3. The second-order valence-electron chi connectivity index (χ2n) is 6.35. The monoisotopic (exact) mass is 375 g/mol. The van der Waals surface area contributed by atoms with Crippen LogP contribution in [0.15, 0.2) is 24.3 Å². The largest absolute Gasteiger partial charge is 0.497 e. The highest BCUT2D eigenvalue weighted by atomic mass is 32.1. The van der Waals surface area contributed by atoms with Gasteiger partial charge in [-0.25, -0.2) is 9.78 Å². The number of aromatic nitrogens is 2. The fraction of sp³-hybridized carbons (Fsp3) is 0.500. The molecule has 1 aliphatic rings. The standard InChI is InChI=1S/C18H25N5O2S/c1-4-19-17(24)23-9-8-22(12-13(23)2)18-20-16(21-26-18)11-14-6-5-7-15(10-14)25-3/h5-7,10,13H,4,8-9,11-12H2,1-3H3,(H,19,24)/t13-/m0/s1. The third-order valence-electron chi connectivity index (χ3n) is 4.44. The average Bonchev–Trinajstić information content (AvgIpc) is 3.10. The van der Waals surface area contributed by atoms with E-state index in [1.165, 1.54) is 11.5 Å². The predicted molar refractivity (Wildman–Crippen MR) is 103 cm³/mol. The Morgan fingerprint density at radius 1 is 1.42 bits per heavy atom. The van der Waals surface area contributed by atoms with Crippen molar-refractivity contribution in [1.82, 2.24) is 19.6 Å². The molecule has 0 saturated carbocycles. The highest BCUT2D eigenvalue weighted by molar-refractivity contribution is 7.09. The van der Waals surface area contributed by atoms with Crippen molar-refractivity contribution in [2.75, 3.05) is 38.2 Å². The molecule has 1 N–H and O–H groups in total. The molecule has 1 aromatic heterocycles. The molecule has 1 fully saturated rings. The topological polar surface area (TPSA) is 70.6 Å². The van der Waals surface area contributed by atoms with Crippen LogP contribution in [0.2, 0.25) is 0 Å². The molecule has 8 heteroatoms. The van der Waals surface area contributed by atoms with Crippen LogP contribution >= 0.6 is 11.5 Å². The van der Waals surface area contributed by atoms with Gasteiger partial charge >= 0.3 is 6.03 Å². The molecule has 1 aliphatic heterocycles. The lowest BCUT2D eigenvalue weighted by atomic mass is 10.1. The second-order valence-corrected chi connectivity index (χ2v) is 7.08. The van der Waals surface area contributed by atoms with Crippen LogP contribution in [-0.4, -0.2) is 59.6 Å². The lowest BCUT2D eigenvalue weighted by Gasteiger charge is -2.39. The SMILES string of the molecule is CCNC(=O)N1CCN(c2nc(Cc3cccc(OC)c3)ns2)C[C@@H]1C. The molecule has 7 nitrogen and oxygen atoms in total. The van der Waals surface area contributed by atoms with Crippen molar-refractivity contribution in [3.8, 4) is 5.75 Å². The lowest BCUT2D eigenvalue weighted by Crippen LogP contribution is -2.56. The number of methoxy groups -OCH3 is 1. The summed E-state index contributed by atoms with van der Waals surface area (Å²) in [7, 11) is 1.67. The molecule has 0 radical (unpaired) electrons. The number of nitrogens with one attached hydrogen (secondary N) is 1. The molecule has 0 unspecified atom stereocenters. The molecular weight excluding hydrogens is 350 g/mol. The van der Waals surface area contributed by atoms with Gasteiger partial charge in [0.1, 0.15) is 11.6 Å². The first-order chi connectivity index (χ1) is 12.6. The van der Waals surface area contributed by atoms with Gasteiger partial charge in [0, 0.05) is 50.2 Å². The van der Waals surface area contributed by atoms with Crippen LogP contribution in [0.25, 0.3) is 0 Å². The number of benzene rings is 1. The zero-order chi connectivity index (χ0) is 18.5. The van der Waals surface area contributed by atoms with E-state index in [-0.39, 0.29) is 12.1 Å². The molecule has 1 aromatic carbocycles. The third kappa shape index (κ3) is 4.24. The molecular formula is C18H25N5O2S. The Kier molecular flexibility index (Phi) is 5.92. The minimum Gasteiger partial charge on any atom is -0.497 e. The van der Waals surface area contributed by atoms with Crippen LogP contribution < -0.4 is 15.0 Å². The summed E-state index contributed by atoms with van der Waals surface area (Å²) in [6, 6.07) is 8.11. The third-order valence-corrected chi connectivity index (χ3v) is 5.26. The van der Waals surface area contributed by atoms with Gasteiger partial charge in [-0.2, -0.15) is 4.37 Å². The van der Waals surface area contributed by atoms with Crippen molar-refractivity contribution < 1.29 is 9.53 Å². The molecule has 2 aromatic rings. The quantitative estimate of drug-likeness (QED) is 0.869. The predicted octanol–water partition coefficient (Wildman–Crippen LogP) is 2.38. The van der Waals surface area contributed by atoms with Crippen molar-refractivity contribution in [2.45, 2.75) is 26.3 Å². The van der Waals surface area contributed by atoms with Crippen LogP contribution in [-0.2, 0) is 6.42 Å². The Morgan fingerprint density at radius 3 is 3.00 bits per heavy atom. The fourth-order valence-corrected chi connectivity index (χ4v) is 3.82. The van der Waals surface area contributed by atoms with E-state index in [0.29, 0.717) is 19.5 Å². The number of urea groups is 1. The van der Waals surface area contributed by atoms with E-state index in [1.54, 1.807) is 7.11 Å². The number of nitrogens with zero attached hydrogens (tertiary/aromatic N) is 4. The van der Waals surface area contributed by atoms with Gasteiger partial charge in [-0.05, 0) is 31.5 Å². The highest BCUT2D eigenvalue weighted by Gasteiger charge is 2.28. The molecule has 1 atom stereocenters. The number of hydrogen-bond acceptors (Lipinski definition) is 6. The Bertz CT molecular complexity index is 751. The zero-order valence-electron chi connectivity index (χ0n) is 15.4. The van der Waals surface area contributed by atoms with Crippen LogP contribution in [0.3, 0.4) is 0 Å². The number of rotatable bonds is 5. The molecule has 140 valence electrons. The summed E-state index contributed by atoms with van der Waals surface area (Å²) in [4.78, 5) is 20.9. The van der Waals surface area contributed by atoms with E-state index in [4.69, 9.17) is 9.72 Å². The van der Waals surface area contributed by atoms with E-state index in [9.17, 15) is 4.79 Å². The van der Waals surface area contributed by atoms with Crippen LogP contribution in [0.4, 0.5) is 9.93 Å². The van der Waals surface area contributed by atoms with Gasteiger partial charge < -0.3 is 19.9 Å². The summed E-state index contributed by atoms with van der Waals surface area (Å²) in [6.45, 7) is 6.89. The summed E-state index contributed by atoms with van der Waals surface area (Å²) in [5, 5.41) is 3.80. The summed E-state index contributed by atoms with van der Waals surface area (Å²) < 4.78 is 9.77. The molecule has 1 saturated heterocycles. The van der Waals surface area contributed by atoms with Gasteiger partial charge in [0.2, 0.25) is 5.13 Å². The molecule has 26 heavy (non-hydrogen) atoms. The normalized spacial score (nSPS) is 17.3. The summed E-state index contributed by atoms with van der Waals surface area (Å²) >= 11 is 1.42. The van der Waals surface area contributed by atoms with Crippen molar-refractivity contribution in [3.05, 3.63) is 35.7 Å². The minimum atomic E-state index is 0.00984. The molecule has 3 rings (SSSR count). The van der Waals surface area contributed by atoms with E-state index >= 15 is 0 Å². The fourth-order valence-electron chi connectivity index (χ4n) is 3.10. The van der Waals surface area contributed by atoms with Gasteiger partial charge in [0.25, 0.3) is 0 Å². The number of hydrogen-bond donors (Lipinski definition) is 1. The Labute approximate surface area is 158 Å². The Hall–Kier alpha value is -2.35. The summed E-state index contributed by atoms with van der Waals surface area (Å²) in [6.07, 6.45) is 0.683. The number of anilines is 1. The number of carbonyl (C=O) groups is 1. The molecule has 0 aliphatic carbocycles. The van der Waals surface area contributed by atoms with Gasteiger partial charge in [-0.3, -0.25) is 0 Å².